The van der Waals surface area contributed by atoms with Crippen molar-refractivity contribution in [3.8, 4) is 0 Å². The van der Waals surface area contributed by atoms with Gasteiger partial charge in [-0.2, -0.15) is 0 Å². The van der Waals surface area contributed by atoms with E-state index in [0.29, 0.717) is 25.2 Å². The lowest BCUT2D eigenvalue weighted by Gasteiger charge is -2.19. The predicted molar refractivity (Wildman–Crippen MR) is 52.8 cm³/mol. The number of rotatable bonds is 3. The Kier molecular flexibility index (Phi) is 2.74. The summed E-state index contributed by atoms with van der Waals surface area (Å²) in [6.07, 6.45) is 2.79. The van der Waals surface area contributed by atoms with Crippen LogP contribution in [0, 0.1) is 0 Å². The predicted octanol–water partition coefficient (Wildman–Crippen LogP) is -0.280. The Morgan fingerprint density at radius 3 is 2.79 bits per heavy atom. The molecule has 1 saturated carbocycles. The lowest BCUT2D eigenvalue weighted by Crippen LogP contribution is -2.39. The fraction of sp³-hybridized carbons (Fsp3) is 0.900. The van der Waals surface area contributed by atoms with Gasteiger partial charge >= 0.3 is 0 Å². The van der Waals surface area contributed by atoms with Crippen LogP contribution in [-0.2, 0) is 4.79 Å². The van der Waals surface area contributed by atoms with Gasteiger partial charge in [-0.1, -0.05) is 0 Å². The van der Waals surface area contributed by atoms with Crippen molar-refractivity contribution in [2.24, 2.45) is 0 Å². The molecule has 0 aromatic heterocycles. The molecule has 0 aromatic rings. The molecular formula is C10H18N2O2. The Balaban J connectivity index is 1.75. The fourth-order valence-electron chi connectivity index (χ4n) is 1.97. The minimum absolute atomic E-state index is 0.105. The van der Waals surface area contributed by atoms with Gasteiger partial charge in [-0.3, -0.25) is 9.69 Å². The quantitative estimate of drug-likeness (QED) is 0.656. The number of carbonyl (C=O) groups excluding carboxylic acids is 1. The van der Waals surface area contributed by atoms with Crippen LogP contribution in [0.25, 0.3) is 0 Å². The maximum Gasteiger partial charge on any atom is 0.234 e. The molecule has 1 aliphatic carbocycles. The molecule has 1 amide bonds. The number of nitrogens with zero attached hydrogens (tertiary/aromatic N) is 1. The van der Waals surface area contributed by atoms with Crippen LogP contribution in [-0.4, -0.2) is 47.2 Å². The van der Waals surface area contributed by atoms with Crippen LogP contribution in [0.3, 0.4) is 0 Å². The van der Waals surface area contributed by atoms with E-state index in [1.807, 2.05) is 4.90 Å². The van der Waals surface area contributed by atoms with Crippen molar-refractivity contribution in [2.75, 3.05) is 13.1 Å². The Morgan fingerprint density at radius 1 is 1.57 bits per heavy atom. The van der Waals surface area contributed by atoms with Crippen LogP contribution in [0.4, 0.5) is 0 Å². The van der Waals surface area contributed by atoms with Crippen LogP contribution < -0.4 is 5.32 Å². The smallest absolute Gasteiger partial charge is 0.234 e. The lowest BCUT2D eigenvalue weighted by molar-refractivity contribution is -0.122. The minimum atomic E-state index is -0.251. The van der Waals surface area contributed by atoms with Gasteiger partial charge in [-0.15, -0.1) is 0 Å². The molecule has 0 aromatic carbocycles. The van der Waals surface area contributed by atoms with E-state index in [-0.39, 0.29) is 12.0 Å². The van der Waals surface area contributed by atoms with Crippen molar-refractivity contribution < 1.29 is 9.90 Å². The van der Waals surface area contributed by atoms with Crippen molar-refractivity contribution in [1.82, 2.24) is 10.2 Å². The average molecular weight is 198 g/mol. The number of likely N-dealkylation sites (tertiary alicyclic amines) is 1. The Hall–Kier alpha value is -0.610. The van der Waals surface area contributed by atoms with Gasteiger partial charge in [0.1, 0.15) is 0 Å². The van der Waals surface area contributed by atoms with Crippen LogP contribution in [0.2, 0.25) is 0 Å². The molecule has 0 radical (unpaired) electrons. The zero-order valence-corrected chi connectivity index (χ0v) is 8.57. The lowest BCUT2D eigenvalue weighted by atomic mass is 10.2. The molecule has 1 saturated heterocycles. The van der Waals surface area contributed by atoms with Crippen molar-refractivity contribution in [2.45, 2.75) is 44.4 Å². The first-order valence-corrected chi connectivity index (χ1v) is 5.36. The van der Waals surface area contributed by atoms with Gasteiger partial charge in [0.2, 0.25) is 5.91 Å². The van der Waals surface area contributed by atoms with E-state index in [1.54, 1.807) is 0 Å². The number of hydrogen-bond acceptors (Lipinski definition) is 3. The largest absolute Gasteiger partial charge is 0.392 e. The Labute approximate surface area is 84.3 Å². The highest BCUT2D eigenvalue weighted by Crippen LogP contribution is 2.19. The minimum Gasteiger partial charge on any atom is -0.392 e. The van der Waals surface area contributed by atoms with Crippen molar-refractivity contribution in [3.05, 3.63) is 0 Å². The van der Waals surface area contributed by atoms with Crippen molar-refractivity contribution in [3.63, 3.8) is 0 Å². The molecule has 1 aliphatic heterocycles. The van der Waals surface area contributed by atoms with Crippen LogP contribution >= 0.6 is 0 Å². The standard InChI is InChI=1S/C10H18N2O2/c1-7-4-9(13)5-12(7)6-10(14)11-8-2-3-8/h7-9,13H,2-6H2,1H3,(H,11,14). The summed E-state index contributed by atoms with van der Waals surface area (Å²) in [6.45, 7) is 3.13. The second-order valence-corrected chi connectivity index (χ2v) is 4.51. The van der Waals surface area contributed by atoms with E-state index in [2.05, 4.69) is 12.2 Å². The third-order valence-corrected chi connectivity index (χ3v) is 2.97. The van der Waals surface area contributed by atoms with E-state index in [9.17, 15) is 9.90 Å². The summed E-state index contributed by atoms with van der Waals surface area (Å²) in [6, 6.07) is 0.764. The first kappa shape index (κ1) is 9.93. The molecule has 2 atom stereocenters. The van der Waals surface area contributed by atoms with Gasteiger partial charge in [0.15, 0.2) is 0 Å². The summed E-state index contributed by atoms with van der Waals surface area (Å²) in [4.78, 5) is 13.5. The van der Waals surface area contributed by atoms with Gasteiger partial charge in [-0.25, -0.2) is 0 Å². The van der Waals surface area contributed by atoms with Gasteiger partial charge in [0.25, 0.3) is 0 Å². The monoisotopic (exact) mass is 198 g/mol. The van der Waals surface area contributed by atoms with E-state index >= 15 is 0 Å². The SMILES string of the molecule is CC1CC(O)CN1CC(=O)NC1CC1. The molecule has 14 heavy (non-hydrogen) atoms. The van der Waals surface area contributed by atoms with Crippen molar-refractivity contribution >= 4 is 5.91 Å². The molecule has 80 valence electrons. The average Bonchev–Trinajstić information content (AvgIpc) is 2.81. The van der Waals surface area contributed by atoms with E-state index < -0.39 is 0 Å². The normalized spacial score (nSPS) is 33.3. The summed E-state index contributed by atoms with van der Waals surface area (Å²) in [7, 11) is 0. The molecule has 0 spiro atoms. The van der Waals surface area contributed by atoms with Gasteiger partial charge < -0.3 is 10.4 Å². The molecule has 2 fully saturated rings. The molecule has 2 rings (SSSR count). The molecule has 4 nitrogen and oxygen atoms in total. The topological polar surface area (TPSA) is 52.6 Å². The highest BCUT2D eigenvalue weighted by molar-refractivity contribution is 5.78. The molecule has 2 N–H and O–H groups in total. The third kappa shape index (κ3) is 2.45. The zero-order valence-electron chi connectivity index (χ0n) is 8.57. The first-order valence-electron chi connectivity index (χ1n) is 5.36. The number of aliphatic hydroxyl groups excluding tert-OH is 1. The summed E-state index contributed by atoms with van der Waals surface area (Å²) >= 11 is 0. The maximum absolute atomic E-state index is 11.5. The van der Waals surface area contributed by atoms with E-state index in [1.165, 1.54) is 0 Å². The summed E-state index contributed by atoms with van der Waals surface area (Å²) in [5, 5.41) is 12.4. The van der Waals surface area contributed by atoms with Crippen LogP contribution in [0.5, 0.6) is 0 Å². The number of nitrogens with one attached hydrogen (secondary N) is 1. The third-order valence-electron chi connectivity index (χ3n) is 2.97. The number of β-amino-alcohol motifs (C(OH)–C–C–N with tert-alkyl or cyclic N) is 1. The highest BCUT2D eigenvalue weighted by atomic mass is 16.3. The van der Waals surface area contributed by atoms with Gasteiger partial charge in [-0.05, 0) is 26.2 Å². The summed E-state index contributed by atoms with van der Waals surface area (Å²) < 4.78 is 0. The second kappa shape index (κ2) is 3.87. The molecule has 0 bridgehead atoms. The summed E-state index contributed by atoms with van der Waals surface area (Å²) in [5.74, 6) is 0.105. The number of aliphatic hydroxyl groups is 1. The zero-order chi connectivity index (χ0) is 10.1. The summed E-state index contributed by atoms with van der Waals surface area (Å²) in [5.41, 5.74) is 0. The van der Waals surface area contributed by atoms with E-state index in [0.717, 1.165) is 19.3 Å². The molecule has 4 heteroatoms. The Morgan fingerprint density at radius 2 is 2.29 bits per heavy atom. The van der Waals surface area contributed by atoms with Gasteiger partial charge in [0, 0.05) is 18.6 Å². The fourth-order valence-corrected chi connectivity index (χ4v) is 1.97. The molecule has 2 aliphatic rings. The molecular weight excluding hydrogens is 180 g/mol. The number of amides is 1. The molecule has 2 unspecified atom stereocenters. The first-order chi connectivity index (χ1) is 6.65. The van der Waals surface area contributed by atoms with Crippen LogP contribution in [0.15, 0.2) is 0 Å². The number of hydrogen-bond donors (Lipinski definition) is 2. The Bertz CT molecular complexity index is 228. The highest BCUT2D eigenvalue weighted by Gasteiger charge is 2.30. The van der Waals surface area contributed by atoms with Crippen LogP contribution in [0.1, 0.15) is 26.2 Å². The second-order valence-electron chi connectivity index (χ2n) is 4.51. The maximum atomic E-state index is 11.5. The molecule has 1 heterocycles. The van der Waals surface area contributed by atoms with Crippen molar-refractivity contribution in [1.29, 1.82) is 0 Å². The van der Waals surface area contributed by atoms with E-state index in [4.69, 9.17) is 0 Å². The number of carbonyl (C=O) groups is 1. The van der Waals surface area contributed by atoms with Gasteiger partial charge in [0.05, 0.1) is 12.6 Å².